The molecule has 0 saturated carbocycles. The largest absolute Gasteiger partial charge is 0.496 e. The van der Waals surface area contributed by atoms with E-state index in [4.69, 9.17) is 9.57 Å². The van der Waals surface area contributed by atoms with Crippen molar-refractivity contribution < 1.29 is 14.4 Å². The van der Waals surface area contributed by atoms with Gasteiger partial charge in [-0.1, -0.05) is 81.7 Å². The highest BCUT2D eigenvalue weighted by molar-refractivity contribution is 9.10. The Balaban J connectivity index is 1.65. The zero-order valence-electron chi connectivity index (χ0n) is 16.0. The third kappa shape index (κ3) is 3.96. The molecule has 0 spiro atoms. The van der Waals surface area contributed by atoms with E-state index in [1.54, 1.807) is 7.11 Å². The van der Waals surface area contributed by atoms with Gasteiger partial charge in [0.1, 0.15) is 11.7 Å². The van der Waals surface area contributed by atoms with Crippen LogP contribution in [0.25, 0.3) is 0 Å². The number of ether oxygens (including phenoxy) is 1. The van der Waals surface area contributed by atoms with Crippen molar-refractivity contribution in [3.63, 3.8) is 0 Å². The number of rotatable bonds is 5. The highest BCUT2D eigenvalue weighted by atomic mass is 79.9. The van der Waals surface area contributed by atoms with Crippen LogP contribution in [0.1, 0.15) is 34.6 Å². The van der Waals surface area contributed by atoms with Gasteiger partial charge in [0.05, 0.1) is 12.8 Å². The van der Waals surface area contributed by atoms with Crippen LogP contribution in [0.3, 0.4) is 0 Å². The van der Waals surface area contributed by atoms with Crippen LogP contribution in [0.15, 0.2) is 82.4 Å². The van der Waals surface area contributed by atoms with E-state index in [0.717, 1.165) is 44.6 Å². The average Bonchev–Trinajstić information content (AvgIpc) is 3.19. The van der Waals surface area contributed by atoms with Crippen molar-refractivity contribution in [3.8, 4) is 5.75 Å². The predicted molar refractivity (Wildman–Crippen MR) is 116 cm³/mol. The Morgan fingerprint density at radius 3 is 2.14 bits per heavy atom. The number of fused-ring (bicyclic) bond motifs is 1. The van der Waals surface area contributed by atoms with Crippen LogP contribution in [0.5, 0.6) is 5.75 Å². The summed E-state index contributed by atoms with van der Waals surface area (Å²) in [4.78, 5) is 18.5. The Kier molecular flexibility index (Phi) is 5.76. The molecule has 0 unspecified atom stereocenters. The quantitative estimate of drug-likeness (QED) is 0.382. The van der Waals surface area contributed by atoms with E-state index in [-0.39, 0.29) is 0 Å². The minimum absolute atomic E-state index is 0.405. The maximum atomic E-state index is 13.1. The minimum atomic E-state index is -0.535. The molecular formula is C24H20BrNO3. The van der Waals surface area contributed by atoms with Crippen molar-refractivity contribution in [2.75, 3.05) is 7.11 Å². The summed E-state index contributed by atoms with van der Waals surface area (Å²) < 4.78 is 6.50. The molecular weight excluding hydrogens is 430 g/mol. The van der Waals surface area contributed by atoms with Gasteiger partial charge >= 0.3 is 5.97 Å². The molecule has 0 radical (unpaired) electrons. The average molecular weight is 450 g/mol. The molecule has 3 aromatic rings. The van der Waals surface area contributed by atoms with Crippen molar-refractivity contribution >= 4 is 27.6 Å². The predicted octanol–water partition coefficient (Wildman–Crippen LogP) is 5.48. The van der Waals surface area contributed by atoms with Crippen LogP contribution in [0.2, 0.25) is 0 Å². The van der Waals surface area contributed by atoms with Gasteiger partial charge in [0.25, 0.3) is 0 Å². The summed E-state index contributed by atoms with van der Waals surface area (Å²) in [5.41, 5.74) is 4.51. The lowest BCUT2D eigenvalue weighted by Crippen LogP contribution is -2.16. The summed E-state index contributed by atoms with van der Waals surface area (Å²) >= 11 is 3.58. The third-order valence-corrected chi connectivity index (χ3v) is 5.83. The Bertz CT molecular complexity index is 1010. The fourth-order valence-corrected chi connectivity index (χ4v) is 4.23. The summed E-state index contributed by atoms with van der Waals surface area (Å²) in [7, 11) is 1.63. The first-order valence-electron chi connectivity index (χ1n) is 9.42. The van der Waals surface area contributed by atoms with Crippen LogP contribution in [0.4, 0.5) is 0 Å². The van der Waals surface area contributed by atoms with E-state index in [1.165, 1.54) is 0 Å². The summed E-state index contributed by atoms with van der Waals surface area (Å²) in [6, 6.07) is 23.1. The summed E-state index contributed by atoms with van der Waals surface area (Å²) in [6.07, 6.45) is 1.52. The number of hydrogen-bond acceptors (Lipinski definition) is 4. The first-order valence-corrected chi connectivity index (χ1v) is 10.2. The van der Waals surface area contributed by atoms with Crippen molar-refractivity contribution in [2.24, 2.45) is 5.16 Å². The van der Waals surface area contributed by atoms with Gasteiger partial charge in [-0.25, -0.2) is 4.79 Å². The zero-order chi connectivity index (χ0) is 20.2. The van der Waals surface area contributed by atoms with Gasteiger partial charge in [-0.05, 0) is 41.7 Å². The van der Waals surface area contributed by atoms with E-state index in [0.29, 0.717) is 6.42 Å². The molecule has 0 fully saturated rings. The highest BCUT2D eigenvalue weighted by Gasteiger charge is 2.28. The molecule has 1 aliphatic carbocycles. The van der Waals surface area contributed by atoms with E-state index in [9.17, 15) is 4.79 Å². The Hall–Kier alpha value is -2.92. The highest BCUT2D eigenvalue weighted by Crippen LogP contribution is 2.36. The fraction of sp³-hybridized carbons (Fsp3) is 0.167. The molecule has 0 amide bonds. The molecule has 4 nitrogen and oxygen atoms in total. The lowest BCUT2D eigenvalue weighted by atomic mass is 9.91. The third-order valence-electron chi connectivity index (χ3n) is 5.09. The van der Waals surface area contributed by atoms with Crippen molar-refractivity contribution in [1.82, 2.24) is 0 Å². The first-order chi connectivity index (χ1) is 14.2. The molecule has 0 N–H and O–H groups in total. The lowest BCUT2D eigenvalue weighted by molar-refractivity contribution is -0.144. The molecule has 0 saturated heterocycles. The molecule has 146 valence electrons. The second-order valence-corrected chi connectivity index (χ2v) is 7.66. The monoisotopic (exact) mass is 449 g/mol. The number of benzene rings is 3. The number of nitrogens with zero attached hydrogens (tertiary/aromatic N) is 1. The number of carbonyl (C=O) groups is 1. The SMILES string of the molecule is COc1ccc(Br)c2c1/C(=N\OC(=O)C(c1ccccc1)c1ccccc1)CC2. The number of carbonyl (C=O) groups excluding carboxylic acids is 1. The molecule has 0 aromatic heterocycles. The van der Waals surface area contributed by atoms with Crippen LogP contribution in [0, 0.1) is 0 Å². The Morgan fingerprint density at radius 2 is 1.55 bits per heavy atom. The topological polar surface area (TPSA) is 47.9 Å². The van der Waals surface area contributed by atoms with Crippen LogP contribution in [-0.4, -0.2) is 18.8 Å². The van der Waals surface area contributed by atoms with Crippen molar-refractivity contribution in [1.29, 1.82) is 0 Å². The van der Waals surface area contributed by atoms with Crippen LogP contribution >= 0.6 is 15.9 Å². The van der Waals surface area contributed by atoms with Gasteiger partial charge in [0.15, 0.2) is 0 Å². The maximum Gasteiger partial charge on any atom is 0.346 e. The second kappa shape index (κ2) is 8.62. The van der Waals surface area contributed by atoms with Gasteiger partial charge in [-0.3, -0.25) is 0 Å². The Morgan fingerprint density at radius 1 is 0.931 bits per heavy atom. The maximum absolute atomic E-state index is 13.1. The first kappa shape index (κ1) is 19.4. The lowest BCUT2D eigenvalue weighted by Gasteiger charge is -2.15. The molecule has 5 heteroatoms. The van der Waals surface area contributed by atoms with E-state index in [2.05, 4.69) is 21.1 Å². The smallest absolute Gasteiger partial charge is 0.346 e. The second-order valence-electron chi connectivity index (χ2n) is 6.81. The minimum Gasteiger partial charge on any atom is -0.496 e. The molecule has 0 bridgehead atoms. The molecule has 0 atom stereocenters. The van der Waals surface area contributed by atoms with E-state index in [1.807, 2.05) is 72.8 Å². The normalized spacial score (nSPS) is 14.1. The summed E-state index contributed by atoms with van der Waals surface area (Å²) in [5.74, 6) is -0.206. The molecule has 0 heterocycles. The summed E-state index contributed by atoms with van der Waals surface area (Å²) in [6.45, 7) is 0. The van der Waals surface area contributed by atoms with Crippen LogP contribution < -0.4 is 4.74 Å². The molecule has 3 aromatic carbocycles. The van der Waals surface area contributed by atoms with Gasteiger partial charge in [0, 0.05) is 10.0 Å². The number of halogens is 1. The van der Waals surface area contributed by atoms with Crippen LogP contribution in [-0.2, 0) is 16.1 Å². The van der Waals surface area contributed by atoms with Gasteiger partial charge in [0.2, 0.25) is 0 Å². The van der Waals surface area contributed by atoms with E-state index < -0.39 is 11.9 Å². The number of oxime groups is 1. The summed E-state index contributed by atoms with van der Waals surface area (Å²) in [5, 5.41) is 4.25. The number of hydrogen-bond donors (Lipinski definition) is 0. The molecule has 1 aliphatic rings. The van der Waals surface area contributed by atoms with Crippen molar-refractivity contribution in [2.45, 2.75) is 18.8 Å². The van der Waals surface area contributed by atoms with Gasteiger partial charge in [-0.2, -0.15) is 0 Å². The molecule has 29 heavy (non-hydrogen) atoms. The standard InChI is InChI=1S/C24H20BrNO3/c1-28-21-15-13-19(25)18-12-14-20(23(18)21)26-29-24(27)22(16-8-4-2-5-9-16)17-10-6-3-7-11-17/h2-11,13,15,22H,12,14H2,1H3/b26-20-. The van der Waals surface area contributed by atoms with Gasteiger partial charge in [-0.15, -0.1) is 0 Å². The number of methoxy groups -OCH3 is 1. The van der Waals surface area contributed by atoms with Gasteiger partial charge < -0.3 is 9.57 Å². The molecule has 0 aliphatic heterocycles. The Labute approximate surface area is 178 Å². The molecule has 4 rings (SSSR count). The zero-order valence-corrected chi connectivity index (χ0v) is 17.6. The van der Waals surface area contributed by atoms with Crippen molar-refractivity contribution in [3.05, 3.63) is 99.5 Å². The fourth-order valence-electron chi connectivity index (χ4n) is 3.70. The van der Waals surface area contributed by atoms with E-state index >= 15 is 0 Å².